The molecule has 0 amide bonds. The maximum absolute atomic E-state index is 12.3. The zero-order valence-corrected chi connectivity index (χ0v) is 15.8. The summed E-state index contributed by atoms with van der Waals surface area (Å²) < 4.78 is 10.7. The monoisotopic (exact) mass is 382 g/mol. The lowest BCUT2D eigenvalue weighted by molar-refractivity contribution is -0.154. The second-order valence-corrected chi connectivity index (χ2v) is 6.88. The van der Waals surface area contributed by atoms with E-state index in [2.05, 4.69) is 4.98 Å². The number of ether oxygens (including phenoxy) is 2. The number of benzene rings is 1. The van der Waals surface area contributed by atoms with Crippen molar-refractivity contribution in [3.63, 3.8) is 0 Å². The van der Waals surface area contributed by atoms with E-state index >= 15 is 0 Å². The molecule has 1 aromatic heterocycles. The van der Waals surface area contributed by atoms with E-state index in [4.69, 9.17) is 9.47 Å². The van der Waals surface area contributed by atoms with Gasteiger partial charge >= 0.3 is 11.9 Å². The van der Waals surface area contributed by atoms with E-state index in [0.29, 0.717) is 11.1 Å². The molecule has 146 valence electrons. The molecule has 0 aliphatic carbocycles. The van der Waals surface area contributed by atoms with Gasteiger partial charge in [-0.1, -0.05) is 6.07 Å². The minimum absolute atomic E-state index is 0.143. The Morgan fingerprint density at radius 3 is 2.68 bits per heavy atom. The molecule has 28 heavy (non-hydrogen) atoms. The molecule has 1 atom stereocenters. The van der Waals surface area contributed by atoms with Gasteiger partial charge in [-0.3, -0.25) is 4.98 Å². The second-order valence-electron chi connectivity index (χ2n) is 6.88. The third-order valence-corrected chi connectivity index (χ3v) is 4.48. The van der Waals surface area contributed by atoms with Crippen LogP contribution in [0, 0.1) is 0 Å². The predicted octanol–water partition coefficient (Wildman–Crippen LogP) is 2.07. The molecule has 1 aliphatic heterocycles. The first-order valence-corrected chi connectivity index (χ1v) is 8.82. The van der Waals surface area contributed by atoms with Crippen molar-refractivity contribution in [2.75, 3.05) is 32.2 Å². The summed E-state index contributed by atoms with van der Waals surface area (Å²) in [6, 6.07) is 10.5. The lowest BCUT2D eigenvalue weighted by Crippen LogP contribution is -2.39. The minimum Gasteiger partial charge on any atom is -0.458 e. The molecule has 2 heterocycles. The van der Waals surface area contributed by atoms with Gasteiger partial charge < -0.3 is 19.5 Å². The molecule has 7 heteroatoms. The number of carbonyl (C=O) groups is 2. The van der Waals surface area contributed by atoms with E-state index in [9.17, 15) is 14.7 Å². The number of hydrogen-bond acceptors (Lipinski definition) is 7. The van der Waals surface area contributed by atoms with E-state index in [-0.39, 0.29) is 13.0 Å². The van der Waals surface area contributed by atoms with Crippen LogP contribution in [0.25, 0.3) is 6.08 Å². The Kier molecular flexibility index (Phi) is 5.75. The minimum atomic E-state index is -1.27. The van der Waals surface area contributed by atoms with E-state index in [1.54, 1.807) is 36.7 Å². The molecule has 7 nitrogen and oxygen atoms in total. The standard InChI is InChI=1S/C21H22N2O5/c1-23(2)18-7-5-16(6-8-18)19(25)27-14-21(13-24)11-17(20(26)28-21)10-15-4-3-9-22-12-15/h3-10,12,24H,11,13-14H2,1-2H3/b17-10+. The Hall–Kier alpha value is -3.19. The first kappa shape index (κ1) is 19.6. The lowest BCUT2D eigenvalue weighted by Gasteiger charge is -2.24. The summed E-state index contributed by atoms with van der Waals surface area (Å²) in [5.74, 6) is -1.08. The molecule has 1 aliphatic rings. The fraction of sp³-hybridized carbons (Fsp3) is 0.286. The van der Waals surface area contributed by atoms with Gasteiger partial charge in [-0.2, -0.15) is 0 Å². The fourth-order valence-corrected chi connectivity index (χ4v) is 2.88. The van der Waals surface area contributed by atoms with Crippen LogP contribution in [0.3, 0.4) is 0 Å². The summed E-state index contributed by atoms with van der Waals surface area (Å²) in [6.07, 6.45) is 5.06. The average Bonchev–Trinajstić information content (AvgIpc) is 3.03. The van der Waals surface area contributed by atoms with E-state index in [0.717, 1.165) is 11.3 Å². The van der Waals surface area contributed by atoms with Gasteiger partial charge in [0.25, 0.3) is 0 Å². The van der Waals surface area contributed by atoms with Crippen LogP contribution in [0.15, 0.2) is 54.4 Å². The number of esters is 2. The smallest absolute Gasteiger partial charge is 0.338 e. The summed E-state index contributed by atoms with van der Waals surface area (Å²) >= 11 is 0. The molecule has 1 N–H and O–H groups in total. The van der Waals surface area contributed by atoms with E-state index < -0.39 is 24.1 Å². The molecule has 1 fully saturated rings. The topological polar surface area (TPSA) is 89.0 Å². The van der Waals surface area contributed by atoms with Crippen LogP contribution in [-0.4, -0.2) is 54.9 Å². The third kappa shape index (κ3) is 4.37. The predicted molar refractivity (Wildman–Crippen MR) is 104 cm³/mol. The van der Waals surface area contributed by atoms with Crippen LogP contribution in [0.1, 0.15) is 22.3 Å². The summed E-state index contributed by atoms with van der Waals surface area (Å²) in [6.45, 7) is -0.677. The number of aromatic nitrogens is 1. The van der Waals surface area contributed by atoms with Gasteiger partial charge in [0.15, 0.2) is 5.60 Å². The molecule has 0 radical (unpaired) electrons. The maximum Gasteiger partial charge on any atom is 0.338 e. The van der Waals surface area contributed by atoms with Crippen LogP contribution < -0.4 is 4.90 Å². The molecule has 1 saturated heterocycles. The summed E-state index contributed by atoms with van der Waals surface area (Å²) in [7, 11) is 3.81. The van der Waals surface area contributed by atoms with Gasteiger partial charge in [-0.15, -0.1) is 0 Å². The van der Waals surface area contributed by atoms with Crippen LogP contribution >= 0.6 is 0 Å². The highest BCUT2D eigenvalue weighted by Gasteiger charge is 2.44. The Morgan fingerprint density at radius 1 is 1.32 bits per heavy atom. The van der Waals surface area contributed by atoms with Gasteiger partial charge in [0.1, 0.15) is 6.61 Å². The molecule has 3 rings (SSSR count). The van der Waals surface area contributed by atoms with Gasteiger partial charge in [0, 0.05) is 44.2 Å². The molecule has 0 saturated carbocycles. The van der Waals surface area contributed by atoms with Crippen LogP contribution in [0.2, 0.25) is 0 Å². The van der Waals surface area contributed by atoms with Crippen LogP contribution in [0.5, 0.6) is 0 Å². The van der Waals surface area contributed by atoms with Crippen molar-refractivity contribution in [2.24, 2.45) is 0 Å². The number of aliphatic hydroxyl groups excluding tert-OH is 1. The van der Waals surface area contributed by atoms with Gasteiger partial charge in [0.2, 0.25) is 0 Å². The zero-order valence-electron chi connectivity index (χ0n) is 15.8. The van der Waals surface area contributed by atoms with E-state index in [1.165, 1.54) is 0 Å². The van der Waals surface area contributed by atoms with Gasteiger partial charge in [0.05, 0.1) is 12.2 Å². The van der Waals surface area contributed by atoms with Crippen molar-refractivity contribution in [3.05, 3.63) is 65.5 Å². The number of carbonyl (C=O) groups excluding carboxylic acids is 2. The molecule has 1 unspecified atom stereocenters. The van der Waals surface area contributed by atoms with Crippen molar-refractivity contribution in [3.8, 4) is 0 Å². The Morgan fingerprint density at radius 2 is 2.07 bits per heavy atom. The maximum atomic E-state index is 12.3. The van der Waals surface area contributed by atoms with Crippen molar-refractivity contribution < 1.29 is 24.2 Å². The first-order chi connectivity index (χ1) is 13.4. The van der Waals surface area contributed by atoms with E-state index in [1.807, 2.05) is 37.2 Å². The SMILES string of the molecule is CN(C)c1ccc(C(=O)OCC2(CO)C/C(=C\c3cccnc3)C(=O)O2)cc1. The molecular weight excluding hydrogens is 360 g/mol. The van der Waals surface area contributed by atoms with Crippen molar-refractivity contribution >= 4 is 23.7 Å². The lowest BCUT2D eigenvalue weighted by atomic mass is 9.98. The van der Waals surface area contributed by atoms with Gasteiger partial charge in [-0.05, 0) is 42.0 Å². The molecule has 0 spiro atoms. The highest BCUT2D eigenvalue weighted by atomic mass is 16.6. The number of pyridine rings is 1. The summed E-state index contributed by atoms with van der Waals surface area (Å²) in [4.78, 5) is 30.4. The fourth-order valence-electron chi connectivity index (χ4n) is 2.88. The normalized spacial score (nSPS) is 20.1. The highest BCUT2D eigenvalue weighted by Crippen LogP contribution is 2.32. The third-order valence-electron chi connectivity index (χ3n) is 4.48. The second kappa shape index (κ2) is 8.22. The Bertz CT molecular complexity index is 877. The number of anilines is 1. The number of rotatable bonds is 6. The Balaban J connectivity index is 1.67. The van der Waals surface area contributed by atoms with Crippen LogP contribution in [-0.2, 0) is 14.3 Å². The molecule has 0 bridgehead atoms. The first-order valence-electron chi connectivity index (χ1n) is 8.82. The average molecular weight is 382 g/mol. The molecule has 1 aromatic carbocycles. The largest absolute Gasteiger partial charge is 0.458 e. The van der Waals surface area contributed by atoms with Crippen molar-refractivity contribution in [2.45, 2.75) is 12.0 Å². The molecular formula is C21H22N2O5. The number of nitrogens with zero attached hydrogens (tertiary/aromatic N) is 2. The number of hydrogen-bond donors (Lipinski definition) is 1. The van der Waals surface area contributed by atoms with Crippen molar-refractivity contribution in [1.29, 1.82) is 0 Å². The van der Waals surface area contributed by atoms with Gasteiger partial charge in [-0.25, -0.2) is 9.59 Å². The number of cyclic esters (lactones) is 1. The van der Waals surface area contributed by atoms with Crippen LogP contribution in [0.4, 0.5) is 5.69 Å². The number of aliphatic hydroxyl groups is 1. The zero-order chi connectivity index (χ0) is 20.1. The quantitative estimate of drug-likeness (QED) is 0.604. The van der Waals surface area contributed by atoms with Crippen molar-refractivity contribution in [1.82, 2.24) is 4.98 Å². The Labute approximate surface area is 163 Å². The summed E-state index contributed by atoms with van der Waals surface area (Å²) in [5, 5.41) is 9.79. The summed E-state index contributed by atoms with van der Waals surface area (Å²) in [5.41, 5.74) is 1.21. The molecule has 2 aromatic rings. The highest BCUT2D eigenvalue weighted by molar-refractivity contribution is 5.96.